The molecule has 76 heavy (non-hydrogen) atoms. The van der Waals surface area contributed by atoms with Gasteiger partial charge in [-0.3, -0.25) is 48.2 Å². The van der Waals surface area contributed by atoms with Crippen LogP contribution in [0.25, 0.3) is 0 Å². The SMILES string of the molecule is CCC.CC[C@H](C)C([C@@H](CC(=O)N1CCC[C@H]1[C@H](OC)[C@@H](C)C(=O)N[C@@H](Cc1ccccc1)C(C)=O)OC)N(C)C(=O)CNC(=O)C(C(C)C)N(C)CCc1ccc(N(C)C(=O)CCCCCN2C(=O)C=CC2=O)cc1. The number of likely N-dealkylation sites (N-methyl/N-ethyl adjacent to an activating group) is 2. The lowest BCUT2D eigenvalue weighted by molar-refractivity contribution is -0.146. The first-order chi connectivity index (χ1) is 36.1. The number of ketones is 1. The summed E-state index contributed by atoms with van der Waals surface area (Å²) in [4.78, 5) is 113. The summed E-state index contributed by atoms with van der Waals surface area (Å²) in [6, 6.07) is 15.1. The Labute approximate surface area is 453 Å². The van der Waals surface area contributed by atoms with Gasteiger partial charge in [-0.2, -0.15) is 0 Å². The smallest absolute Gasteiger partial charge is 0.253 e. The molecule has 0 radical (unpaired) electrons. The molecule has 2 aromatic carbocycles. The molecule has 0 bridgehead atoms. The Kier molecular flexibility index (Phi) is 27.8. The van der Waals surface area contributed by atoms with Gasteiger partial charge in [0.1, 0.15) is 0 Å². The Bertz CT molecular complexity index is 2200. The van der Waals surface area contributed by atoms with Gasteiger partial charge >= 0.3 is 0 Å². The van der Waals surface area contributed by atoms with Gasteiger partial charge in [0, 0.05) is 72.2 Å². The number of carbonyl (C=O) groups excluding carboxylic acids is 8. The number of benzene rings is 2. The third-order valence-corrected chi connectivity index (χ3v) is 14.8. The molecular weight excluding hydrogens is 967 g/mol. The van der Waals surface area contributed by atoms with Crippen molar-refractivity contribution >= 4 is 52.8 Å². The summed E-state index contributed by atoms with van der Waals surface area (Å²) in [7, 11) is 8.39. The zero-order valence-corrected chi connectivity index (χ0v) is 48.0. The molecule has 1 fully saturated rings. The van der Waals surface area contributed by atoms with Crippen molar-refractivity contribution in [1.29, 1.82) is 0 Å². The fourth-order valence-electron chi connectivity index (χ4n) is 10.2. The predicted molar refractivity (Wildman–Crippen MR) is 297 cm³/mol. The van der Waals surface area contributed by atoms with Crippen molar-refractivity contribution in [3.8, 4) is 0 Å². The Hall–Kier alpha value is -5.78. The zero-order chi connectivity index (χ0) is 56.6. The fraction of sp³-hybridized carbons (Fsp3) is 0.627. The Morgan fingerprint density at radius 1 is 0.789 bits per heavy atom. The lowest BCUT2D eigenvalue weighted by atomic mass is 9.90. The lowest BCUT2D eigenvalue weighted by Crippen LogP contribution is -2.55. The third kappa shape index (κ3) is 19.0. The summed E-state index contributed by atoms with van der Waals surface area (Å²) in [5, 5.41) is 5.83. The van der Waals surface area contributed by atoms with Gasteiger partial charge in [0.05, 0.1) is 55.3 Å². The van der Waals surface area contributed by atoms with Gasteiger partial charge in [-0.15, -0.1) is 0 Å². The van der Waals surface area contributed by atoms with Crippen molar-refractivity contribution in [3.05, 3.63) is 77.9 Å². The average molecular weight is 1060 g/mol. The maximum Gasteiger partial charge on any atom is 0.253 e. The van der Waals surface area contributed by atoms with Crippen LogP contribution in [-0.2, 0) is 60.7 Å². The summed E-state index contributed by atoms with van der Waals surface area (Å²) < 4.78 is 12.0. The Morgan fingerprint density at radius 2 is 1.42 bits per heavy atom. The van der Waals surface area contributed by atoms with E-state index in [1.807, 2.05) is 94.2 Å². The van der Waals surface area contributed by atoms with Crippen LogP contribution in [0.5, 0.6) is 0 Å². The number of nitrogens with zero attached hydrogens (tertiary/aromatic N) is 5. The number of hydrogen-bond donors (Lipinski definition) is 2. The number of anilines is 1. The number of imide groups is 1. The summed E-state index contributed by atoms with van der Waals surface area (Å²) in [5.74, 6) is -2.67. The molecule has 7 amide bonds. The number of ether oxygens (including phenoxy) is 2. The van der Waals surface area contributed by atoms with Crippen LogP contribution in [-0.4, -0.2) is 165 Å². The molecule has 0 spiro atoms. The summed E-state index contributed by atoms with van der Waals surface area (Å²) >= 11 is 0. The molecule has 422 valence electrons. The highest BCUT2D eigenvalue weighted by Gasteiger charge is 2.42. The monoisotopic (exact) mass is 1060 g/mol. The van der Waals surface area contributed by atoms with Crippen molar-refractivity contribution in [2.24, 2.45) is 17.8 Å². The van der Waals surface area contributed by atoms with Crippen molar-refractivity contribution < 1.29 is 47.8 Å². The Balaban J connectivity index is 0.00000495. The van der Waals surface area contributed by atoms with E-state index in [1.54, 1.807) is 35.7 Å². The second kappa shape index (κ2) is 32.7. The van der Waals surface area contributed by atoms with E-state index in [-0.39, 0.29) is 71.9 Å². The van der Waals surface area contributed by atoms with Crippen LogP contribution in [0, 0.1) is 17.8 Å². The van der Waals surface area contributed by atoms with Gasteiger partial charge in [0.25, 0.3) is 11.8 Å². The molecule has 2 aliphatic heterocycles. The second-order valence-corrected chi connectivity index (χ2v) is 20.9. The van der Waals surface area contributed by atoms with Gasteiger partial charge in [0.15, 0.2) is 5.78 Å². The number of amides is 7. The van der Waals surface area contributed by atoms with Crippen LogP contribution < -0.4 is 15.5 Å². The molecule has 0 aliphatic carbocycles. The predicted octanol–water partition coefficient (Wildman–Crippen LogP) is 6.40. The third-order valence-electron chi connectivity index (χ3n) is 14.8. The summed E-state index contributed by atoms with van der Waals surface area (Å²) in [5.41, 5.74) is 2.73. The molecular formula is C59H91N7O10. The standard InChI is InChI=1S/C56H83N7O10.C3H8/c1-12-38(4)53(46(72-10)35-50(68)62-32-19-22-45(62)54(73-11)39(5)55(70)58-44(40(6)64)34-42-20-15-13-16-21-42)61(9)51(69)36-57-56(71)52(37(2)3)59(7)33-30-41-24-26-43(27-25-41)60(8)47(65)23-17-14-18-31-63-48(66)28-29-49(63)67;1-3-2/h13,15-16,20-21,24-29,37-39,44-46,52-54H,12,14,17-19,22-23,30-36H2,1-11H3,(H,57,71)(H,58,70);3H2,1-2H3/t38-,39+,44-,45-,46+,52?,53?,54+;/m0./s1. The molecule has 2 aromatic rings. The van der Waals surface area contributed by atoms with E-state index in [1.165, 1.54) is 44.6 Å². The highest BCUT2D eigenvalue weighted by molar-refractivity contribution is 6.12. The maximum atomic E-state index is 14.3. The van der Waals surface area contributed by atoms with Crippen molar-refractivity contribution in [2.45, 2.75) is 162 Å². The Morgan fingerprint density at radius 3 is 1.99 bits per heavy atom. The van der Waals surface area contributed by atoms with Crippen LogP contribution in [0.1, 0.15) is 124 Å². The minimum Gasteiger partial charge on any atom is -0.379 e. The number of likely N-dealkylation sites (tertiary alicyclic amines) is 1. The molecule has 17 heteroatoms. The maximum absolute atomic E-state index is 14.3. The van der Waals surface area contributed by atoms with Gasteiger partial charge < -0.3 is 34.8 Å². The molecule has 4 rings (SSSR count). The molecule has 8 atom stereocenters. The number of Topliss-reactive ketones (excluding diaryl/α,β-unsaturated/α-hetero) is 1. The highest BCUT2D eigenvalue weighted by Crippen LogP contribution is 2.30. The summed E-state index contributed by atoms with van der Waals surface area (Å²) in [6.45, 7) is 16.6. The van der Waals surface area contributed by atoms with Crippen LogP contribution in [0.3, 0.4) is 0 Å². The van der Waals surface area contributed by atoms with E-state index in [0.29, 0.717) is 71.0 Å². The van der Waals surface area contributed by atoms with Crippen LogP contribution >= 0.6 is 0 Å². The number of nitrogens with one attached hydrogen (secondary N) is 2. The van der Waals surface area contributed by atoms with Gasteiger partial charge in [-0.05, 0) is 87.6 Å². The van der Waals surface area contributed by atoms with E-state index in [4.69, 9.17) is 9.47 Å². The quantitative estimate of drug-likeness (QED) is 0.0649. The molecule has 0 aromatic heterocycles. The highest BCUT2D eigenvalue weighted by atomic mass is 16.5. The van der Waals surface area contributed by atoms with E-state index in [0.717, 1.165) is 23.2 Å². The molecule has 2 heterocycles. The number of carbonyl (C=O) groups is 8. The van der Waals surface area contributed by atoms with Gasteiger partial charge in [-0.25, -0.2) is 0 Å². The molecule has 2 unspecified atom stereocenters. The molecule has 2 aliphatic rings. The van der Waals surface area contributed by atoms with E-state index < -0.39 is 42.3 Å². The normalized spacial score (nSPS) is 17.1. The van der Waals surface area contributed by atoms with Crippen molar-refractivity contribution in [1.82, 2.24) is 30.2 Å². The van der Waals surface area contributed by atoms with Crippen molar-refractivity contribution in [2.75, 3.05) is 66.4 Å². The van der Waals surface area contributed by atoms with Crippen LogP contribution in [0.4, 0.5) is 5.69 Å². The van der Waals surface area contributed by atoms with Crippen LogP contribution in [0.2, 0.25) is 0 Å². The number of hydrogen-bond acceptors (Lipinski definition) is 11. The minimum atomic E-state index is -0.706. The van der Waals surface area contributed by atoms with Gasteiger partial charge in [0.2, 0.25) is 29.5 Å². The minimum absolute atomic E-state index is 0.0149. The second-order valence-electron chi connectivity index (χ2n) is 20.9. The van der Waals surface area contributed by atoms with Crippen molar-refractivity contribution in [3.63, 3.8) is 0 Å². The topological polar surface area (TPSA) is 195 Å². The van der Waals surface area contributed by atoms with E-state index in [2.05, 4.69) is 24.5 Å². The number of rotatable bonds is 30. The van der Waals surface area contributed by atoms with Crippen LogP contribution in [0.15, 0.2) is 66.7 Å². The largest absolute Gasteiger partial charge is 0.379 e. The van der Waals surface area contributed by atoms with E-state index >= 15 is 0 Å². The molecule has 17 nitrogen and oxygen atoms in total. The van der Waals surface area contributed by atoms with Gasteiger partial charge in [-0.1, -0.05) is 110 Å². The summed E-state index contributed by atoms with van der Waals surface area (Å²) in [6.07, 6.45) is 7.88. The zero-order valence-electron chi connectivity index (χ0n) is 48.0. The first kappa shape index (κ1) is 64.5. The molecule has 2 N–H and O–H groups in total. The number of unbranched alkanes of at least 4 members (excludes halogenated alkanes) is 2. The first-order valence-electron chi connectivity index (χ1n) is 27.5. The van der Waals surface area contributed by atoms with E-state index in [9.17, 15) is 38.4 Å². The lowest BCUT2D eigenvalue weighted by Gasteiger charge is -2.39. The molecule has 1 saturated heterocycles. The first-order valence-corrected chi connectivity index (χ1v) is 27.5. The molecule has 0 saturated carbocycles. The average Bonchev–Trinajstić information content (AvgIpc) is 4.02. The fourth-order valence-corrected chi connectivity index (χ4v) is 10.2. The number of methoxy groups -OCH3 is 2.